The molecule has 1 aliphatic rings. The van der Waals surface area contributed by atoms with Crippen molar-refractivity contribution in [2.75, 3.05) is 13.1 Å². The van der Waals surface area contributed by atoms with E-state index in [2.05, 4.69) is 5.32 Å². The highest BCUT2D eigenvalue weighted by molar-refractivity contribution is 8.18. The normalized spacial score (nSPS) is 15.4. The Labute approximate surface area is 187 Å². The number of carbonyl (C=O) groups is 3. The number of benzene rings is 1. The fourth-order valence-electron chi connectivity index (χ4n) is 2.80. The van der Waals surface area contributed by atoms with E-state index in [1.165, 1.54) is 16.2 Å². The minimum atomic E-state index is -0.388. The number of hydrogen-bond acceptors (Lipinski definition) is 5. The molecule has 5 nitrogen and oxygen atoms in total. The molecule has 0 saturated carbocycles. The Kier molecular flexibility index (Phi) is 7.05. The van der Waals surface area contributed by atoms with Crippen LogP contribution in [-0.4, -0.2) is 35.0 Å². The van der Waals surface area contributed by atoms with E-state index < -0.39 is 0 Å². The molecule has 0 spiro atoms. The van der Waals surface area contributed by atoms with Gasteiger partial charge in [-0.2, -0.15) is 0 Å². The summed E-state index contributed by atoms with van der Waals surface area (Å²) in [6, 6.07) is 6.84. The first-order valence-electron chi connectivity index (χ1n) is 8.88. The van der Waals surface area contributed by atoms with E-state index in [0.29, 0.717) is 25.4 Å². The number of imide groups is 1. The summed E-state index contributed by atoms with van der Waals surface area (Å²) < 4.78 is 0. The molecule has 0 atom stereocenters. The molecule has 1 fully saturated rings. The van der Waals surface area contributed by atoms with Crippen molar-refractivity contribution in [1.82, 2.24) is 10.2 Å². The lowest BCUT2D eigenvalue weighted by Gasteiger charge is -2.12. The molecular weight excluding hydrogens is 451 g/mol. The molecule has 152 valence electrons. The number of aryl methyl sites for hydroxylation is 2. The molecular formula is C20H18Cl2N2O3S2. The molecule has 1 aromatic carbocycles. The molecule has 9 heteroatoms. The van der Waals surface area contributed by atoms with Crippen LogP contribution >= 0.6 is 46.3 Å². The fourth-order valence-corrected chi connectivity index (χ4v) is 5.00. The molecule has 2 aromatic rings. The molecule has 3 amide bonds. The van der Waals surface area contributed by atoms with Gasteiger partial charge in [-0.05, 0) is 60.5 Å². The van der Waals surface area contributed by atoms with Gasteiger partial charge in [-0.15, -0.1) is 11.3 Å². The molecule has 29 heavy (non-hydrogen) atoms. The third kappa shape index (κ3) is 5.04. The van der Waals surface area contributed by atoms with Crippen molar-refractivity contribution in [3.05, 3.63) is 60.1 Å². The number of nitrogens with one attached hydrogen (secondary N) is 1. The second-order valence-electron chi connectivity index (χ2n) is 6.33. The first kappa shape index (κ1) is 21.9. The number of rotatable bonds is 6. The van der Waals surface area contributed by atoms with Gasteiger partial charge in [-0.1, -0.05) is 36.2 Å². The van der Waals surface area contributed by atoms with Gasteiger partial charge in [0.2, 0.25) is 0 Å². The van der Waals surface area contributed by atoms with Crippen LogP contribution in [-0.2, 0) is 11.2 Å². The Hall–Kier alpha value is -1.80. The predicted molar refractivity (Wildman–Crippen MR) is 120 cm³/mol. The van der Waals surface area contributed by atoms with Crippen LogP contribution in [0.15, 0.2) is 29.2 Å². The van der Waals surface area contributed by atoms with Crippen molar-refractivity contribution < 1.29 is 14.4 Å². The average molecular weight is 469 g/mol. The third-order valence-electron chi connectivity index (χ3n) is 4.30. The largest absolute Gasteiger partial charge is 0.350 e. The van der Waals surface area contributed by atoms with Gasteiger partial charge in [-0.3, -0.25) is 19.3 Å². The summed E-state index contributed by atoms with van der Waals surface area (Å²) in [5.41, 5.74) is 1.78. The zero-order valence-electron chi connectivity index (χ0n) is 15.8. The molecule has 0 bridgehead atoms. The van der Waals surface area contributed by atoms with Crippen LogP contribution in [0, 0.1) is 6.92 Å². The van der Waals surface area contributed by atoms with Crippen molar-refractivity contribution in [3.8, 4) is 0 Å². The maximum absolute atomic E-state index is 12.6. The van der Waals surface area contributed by atoms with Gasteiger partial charge in [0, 0.05) is 18.0 Å². The highest BCUT2D eigenvalue weighted by Gasteiger charge is 2.34. The molecule has 0 unspecified atom stereocenters. The first-order chi connectivity index (χ1) is 13.8. The average Bonchev–Trinajstić information content (AvgIpc) is 3.19. The van der Waals surface area contributed by atoms with Crippen LogP contribution < -0.4 is 5.32 Å². The van der Waals surface area contributed by atoms with Gasteiger partial charge in [0.1, 0.15) is 0 Å². The van der Waals surface area contributed by atoms with E-state index in [9.17, 15) is 14.4 Å². The number of halogens is 2. The molecule has 1 saturated heterocycles. The van der Waals surface area contributed by atoms with Crippen molar-refractivity contribution in [2.24, 2.45) is 0 Å². The summed E-state index contributed by atoms with van der Waals surface area (Å²) in [6.07, 6.45) is 2.48. The highest BCUT2D eigenvalue weighted by atomic mass is 35.5. The molecule has 1 aliphatic heterocycles. The minimum Gasteiger partial charge on any atom is -0.350 e. The zero-order valence-corrected chi connectivity index (χ0v) is 18.9. The zero-order chi connectivity index (χ0) is 21.1. The lowest BCUT2D eigenvalue weighted by Crippen LogP contribution is -2.37. The van der Waals surface area contributed by atoms with Crippen molar-refractivity contribution in [3.63, 3.8) is 0 Å². The maximum atomic E-state index is 12.6. The summed E-state index contributed by atoms with van der Waals surface area (Å²) in [6.45, 7) is 4.33. The first-order valence-corrected chi connectivity index (χ1v) is 11.3. The van der Waals surface area contributed by atoms with Gasteiger partial charge in [0.05, 0.1) is 19.8 Å². The van der Waals surface area contributed by atoms with Crippen LogP contribution in [0.3, 0.4) is 0 Å². The Morgan fingerprint density at radius 1 is 1.21 bits per heavy atom. The second kappa shape index (κ2) is 9.34. The quantitative estimate of drug-likeness (QED) is 0.576. The molecule has 1 aromatic heterocycles. The predicted octanol–water partition coefficient (Wildman–Crippen LogP) is 5.39. The topological polar surface area (TPSA) is 66.5 Å². The molecule has 2 heterocycles. The lowest BCUT2D eigenvalue weighted by molar-refractivity contribution is -0.122. The van der Waals surface area contributed by atoms with Crippen molar-refractivity contribution in [2.45, 2.75) is 20.3 Å². The third-order valence-corrected chi connectivity index (χ3v) is 7.33. The Bertz CT molecular complexity index is 1020. The van der Waals surface area contributed by atoms with Crippen LogP contribution in [0.2, 0.25) is 10.0 Å². The Morgan fingerprint density at radius 2 is 1.97 bits per heavy atom. The van der Waals surface area contributed by atoms with E-state index in [0.717, 1.165) is 28.6 Å². The van der Waals surface area contributed by atoms with E-state index in [1.54, 1.807) is 24.3 Å². The van der Waals surface area contributed by atoms with E-state index >= 15 is 0 Å². The van der Waals surface area contributed by atoms with Gasteiger partial charge in [0.25, 0.3) is 17.1 Å². The summed E-state index contributed by atoms with van der Waals surface area (Å²) >= 11 is 14.2. The van der Waals surface area contributed by atoms with Crippen LogP contribution in [0.4, 0.5) is 4.79 Å². The maximum Gasteiger partial charge on any atom is 0.293 e. The standard InChI is InChI=1S/C20H18Cl2N2O3S2/c1-3-15-11(2)8-16(28-15)18(25)23-6-7-24-19(26)17(29-20(24)27)10-12-4-5-13(21)14(22)9-12/h4-5,8-10H,3,6-7H2,1-2H3,(H,23,25)/b17-10+. The summed E-state index contributed by atoms with van der Waals surface area (Å²) in [4.78, 5) is 40.3. The molecule has 0 aliphatic carbocycles. The number of nitrogens with zero attached hydrogens (tertiary/aromatic N) is 1. The summed E-state index contributed by atoms with van der Waals surface area (Å²) in [5, 5.41) is 3.20. The Balaban J connectivity index is 1.60. The monoisotopic (exact) mass is 468 g/mol. The molecule has 1 N–H and O–H groups in total. The van der Waals surface area contributed by atoms with Crippen molar-refractivity contribution in [1.29, 1.82) is 0 Å². The lowest BCUT2D eigenvalue weighted by atomic mass is 10.2. The highest BCUT2D eigenvalue weighted by Crippen LogP contribution is 2.33. The number of carbonyl (C=O) groups excluding carboxylic acids is 3. The van der Waals surface area contributed by atoms with Crippen LogP contribution in [0.1, 0.15) is 32.6 Å². The number of amides is 3. The fraction of sp³-hybridized carbons (Fsp3) is 0.250. The minimum absolute atomic E-state index is 0.111. The van der Waals surface area contributed by atoms with E-state index in [1.807, 2.05) is 19.9 Å². The van der Waals surface area contributed by atoms with E-state index in [4.69, 9.17) is 23.2 Å². The SMILES string of the molecule is CCc1sc(C(=O)NCCN2C(=O)S/C(=C/c3ccc(Cl)c(Cl)c3)C2=O)cc1C. The Morgan fingerprint density at radius 3 is 2.62 bits per heavy atom. The summed E-state index contributed by atoms with van der Waals surface area (Å²) in [5.74, 6) is -0.586. The van der Waals surface area contributed by atoms with Gasteiger partial charge in [-0.25, -0.2) is 0 Å². The van der Waals surface area contributed by atoms with E-state index in [-0.39, 0.29) is 30.1 Å². The van der Waals surface area contributed by atoms with Crippen LogP contribution in [0.5, 0.6) is 0 Å². The van der Waals surface area contributed by atoms with Gasteiger partial charge < -0.3 is 5.32 Å². The second-order valence-corrected chi connectivity index (χ2v) is 9.28. The number of thiophene rings is 1. The smallest absolute Gasteiger partial charge is 0.293 e. The van der Waals surface area contributed by atoms with Crippen molar-refractivity contribution >= 4 is 69.4 Å². The molecule has 0 radical (unpaired) electrons. The van der Waals surface area contributed by atoms with Crippen LogP contribution in [0.25, 0.3) is 6.08 Å². The van der Waals surface area contributed by atoms with Gasteiger partial charge >= 0.3 is 0 Å². The number of thioether (sulfide) groups is 1. The summed E-state index contributed by atoms with van der Waals surface area (Å²) in [7, 11) is 0. The molecule has 3 rings (SSSR count). The van der Waals surface area contributed by atoms with Gasteiger partial charge in [0.15, 0.2) is 0 Å². The number of hydrogen-bond donors (Lipinski definition) is 1.